The molecule has 0 radical (unpaired) electrons. The third kappa shape index (κ3) is 3.81. The number of nitrogens with zero attached hydrogens (tertiary/aromatic N) is 2. The fraction of sp³-hybridized carbons (Fsp3) is 0.429. The van der Waals surface area contributed by atoms with E-state index in [1.165, 1.54) is 31.2 Å². The highest BCUT2D eigenvalue weighted by Gasteiger charge is 2.24. The lowest BCUT2D eigenvalue weighted by atomic mass is 10.3. The minimum Gasteiger partial charge on any atom is -0.484 e. The number of rotatable bonds is 6. The molecule has 1 heterocycles. The zero-order valence-corrected chi connectivity index (χ0v) is 12.5. The monoisotopic (exact) mass is 308 g/mol. The normalized spacial score (nSPS) is 15.1. The lowest BCUT2D eigenvalue weighted by Crippen LogP contribution is -1.99. The maximum atomic E-state index is 11.3. The molecule has 0 saturated heterocycles. The summed E-state index contributed by atoms with van der Waals surface area (Å²) in [4.78, 5) is 4.53. The van der Waals surface area contributed by atoms with E-state index in [9.17, 15) is 8.42 Å². The van der Waals surface area contributed by atoms with Crippen LogP contribution in [0.1, 0.15) is 24.6 Å². The maximum Gasteiger partial charge on any atom is 0.264 e. The first kappa shape index (κ1) is 14.1. The first-order valence-electron chi connectivity index (χ1n) is 6.75. The zero-order chi connectivity index (χ0) is 14.9. The van der Waals surface area contributed by atoms with E-state index < -0.39 is 9.84 Å². The summed E-state index contributed by atoms with van der Waals surface area (Å²) in [6.07, 6.45) is 4.52. The van der Waals surface area contributed by atoms with Crippen molar-refractivity contribution in [2.75, 3.05) is 6.26 Å². The van der Waals surface area contributed by atoms with Gasteiger partial charge in [0, 0.05) is 12.7 Å². The van der Waals surface area contributed by atoms with Crippen LogP contribution in [0.25, 0.3) is 0 Å². The van der Waals surface area contributed by atoms with Crippen molar-refractivity contribution < 1.29 is 17.7 Å². The molecule has 7 heteroatoms. The van der Waals surface area contributed by atoms with Gasteiger partial charge in [0.2, 0.25) is 0 Å². The van der Waals surface area contributed by atoms with E-state index in [4.69, 9.17) is 9.26 Å². The molecule has 0 atom stereocenters. The highest BCUT2D eigenvalue weighted by molar-refractivity contribution is 7.90. The second-order valence-electron chi connectivity index (χ2n) is 5.28. The van der Waals surface area contributed by atoms with Crippen LogP contribution in [0, 0.1) is 5.92 Å². The van der Waals surface area contributed by atoms with Crippen LogP contribution in [0.2, 0.25) is 0 Å². The number of aromatic nitrogens is 2. The number of ether oxygens (including phenoxy) is 1. The Morgan fingerprint density at radius 2 is 2.00 bits per heavy atom. The Hall–Kier alpha value is -1.89. The Labute approximate surface area is 123 Å². The summed E-state index contributed by atoms with van der Waals surface area (Å²) in [5, 5.41) is 3.91. The van der Waals surface area contributed by atoms with Crippen molar-refractivity contribution in [3.63, 3.8) is 0 Å². The van der Waals surface area contributed by atoms with Crippen molar-refractivity contribution >= 4 is 9.84 Å². The van der Waals surface area contributed by atoms with E-state index >= 15 is 0 Å². The van der Waals surface area contributed by atoms with Crippen LogP contribution in [0.15, 0.2) is 33.7 Å². The Morgan fingerprint density at radius 3 is 2.62 bits per heavy atom. The second-order valence-corrected chi connectivity index (χ2v) is 7.30. The van der Waals surface area contributed by atoms with Gasteiger partial charge in [-0.2, -0.15) is 4.98 Å². The van der Waals surface area contributed by atoms with Gasteiger partial charge in [0.25, 0.3) is 5.89 Å². The van der Waals surface area contributed by atoms with Crippen molar-refractivity contribution in [1.82, 2.24) is 10.1 Å². The Morgan fingerprint density at radius 1 is 1.29 bits per heavy atom. The van der Waals surface area contributed by atoms with Crippen LogP contribution in [0.5, 0.6) is 5.75 Å². The largest absolute Gasteiger partial charge is 0.484 e. The summed E-state index contributed by atoms with van der Waals surface area (Å²) in [6.45, 7) is 0.176. The zero-order valence-electron chi connectivity index (χ0n) is 11.7. The molecule has 1 aromatic heterocycles. The van der Waals surface area contributed by atoms with E-state index in [1.807, 2.05) is 0 Å². The van der Waals surface area contributed by atoms with Crippen molar-refractivity contribution in [3.05, 3.63) is 36.0 Å². The van der Waals surface area contributed by atoms with Crippen LogP contribution in [-0.4, -0.2) is 24.8 Å². The van der Waals surface area contributed by atoms with Gasteiger partial charge in [-0.05, 0) is 43.0 Å². The molecule has 1 saturated carbocycles. The summed E-state index contributed by atoms with van der Waals surface area (Å²) in [7, 11) is -3.19. The molecule has 1 aliphatic rings. The molecule has 6 nitrogen and oxygen atoms in total. The van der Waals surface area contributed by atoms with Gasteiger partial charge in [-0.25, -0.2) is 8.42 Å². The highest BCUT2D eigenvalue weighted by atomic mass is 32.2. The molecule has 0 unspecified atom stereocenters. The maximum absolute atomic E-state index is 11.3. The summed E-state index contributed by atoms with van der Waals surface area (Å²) in [5.74, 6) is 2.42. The first-order chi connectivity index (χ1) is 10.0. The molecule has 1 aliphatic carbocycles. The minimum absolute atomic E-state index is 0.176. The molecule has 1 fully saturated rings. The second kappa shape index (κ2) is 5.48. The third-order valence-electron chi connectivity index (χ3n) is 3.29. The highest BCUT2D eigenvalue weighted by Crippen LogP contribution is 2.31. The molecule has 0 amide bonds. The Balaban J connectivity index is 1.58. The fourth-order valence-electron chi connectivity index (χ4n) is 1.94. The SMILES string of the molecule is CS(=O)(=O)c1ccc(OCc2nc(CC3CC3)no2)cc1. The van der Waals surface area contributed by atoms with Gasteiger partial charge >= 0.3 is 0 Å². The first-order valence-corrected chi connectivity index (χ1v) is 8.64. The van der Waals surface area contributed by atoms with Crippen molar-refractivity contribution in [2.24, 2.45) is 5.92 Å². The molecule has 1 aromatic carbocycles. The molecule has 2 aromatic rings. The Kier molecular flexibility index (Phi) is 3.67. The van der Waals surface area contributed by atoms with Crippen molar-refractivity contribution in [2.45, 2.75) is 30.8 Å². The van der Waals surface area contributed by atoms with E-state index in [0.29, 0.717) is 17.6 Å². The minimum atomic E-state index is -3.19. The van der Waals surface area contributed by atoms with Crippen molar-refractivity contribution in [1.29, 1.82) is 0 Å². The van der Waals surface area contributed by atoms with E-state index in [-0.39, 0.29) is 11.5 Å². The molecule has 0 aliphatic heterocycles. The molecule has 21 heavy (non-hydrogen) atoms. The lowest BCUT2D eigenvalue weighted by Gasteiger charge is -2.03. The molecule has 0 N–H and O–H groups in total. The van der Waals surface area contributed by atoms with E-state index in [2.05, 4.69) is 10.1 Å². The molecule has 112 valence electrons. The molecule has 0 bridgehead atoms. The third-order valence-corrected chi connectivity index (χ3v) is 4.42. The van der Waals surface area contributed by atoms with Crippen LogP contribution in [0.4, 0.5) is 0 Å². The van der Waals surface area contributed by atoms with Gasteiger partial charge in [-0.1, -0.05) is 5.16 Å². The van der Waals surface area contributed by atoms with Crippen LogP contribution in [0.3, 0.4) is 0 Å². The van der Waals surface area contributed by atoms with Gasteiger partial charge < -0.3 is 9.26 Å². The van der Waals surface area contributed by atoms with E-state index in [0.717, 1.165) is 12.2 Å². The quantitative estimate of drug-likeness (QED) is 0.812. The average Bonchev–Trinajstić information content (AvgIpc) is 3.13. The predicted molar refractivity (Wildman–Crippen MR) is 74.6 cm³/mol. The summed E-state index contributed by atoms with van der Waals surface area (Å²) < 4.78 is 33.3. The molecular formula is C14H16N2O4S. The van der Waals surface area contributed by atoms with Crippen molar-refractivity contribution in [3.8, 4) is 5.75 Å². The number of hydrogen-bond acceptors (Lipinski definition) is 6. The van der Waals surface area contributed by atoms with E-state index in [1.54, 1.807) is 12.1 Å². The average molecular weight is 308 g/mol. The van der Waals surface area contributed by atoms with Gasteiger partial charge in [0.1, 0.15) is 5.75 Å². The van der Waals surface area contributed by atoms with Crippen LogP contribution in [-0.2, 0) is 22.9 Å². The van der Waals surface area contributed by atoms with Crippen LogP contribution >= 0.6 is 0 Å². The fourth-order valence-corrected chi connectivity index (χ4v) is 2.57. The van der Waals surface area contributed by atoms with Gasteiger partial charge in [-0.15, -0.1) is 0 Å². The summed E-state index contributed by atoms with van der Waals surface area (Å²) in [5.41, 5.74) is 0. The van der Waals surface area contributed by atoms with Gasteiger partial charge in [0.05, 0.1) is 4.90 Å². The predicted octanol–water partition coefficient (Wildman–Crippen LogP) is 2.00. The summed E-state index contributed by atoms with van der Waals surface area (Å²) in [6, 6.07) is 6.24. The van der Waals surface area contributed by atoms with Crippen LogP contribution < -0.4 is 4.74 Å². The molecular weight excluding hydrogens is 292 g/mol. The van der Waals surface area contributed by atoms with Gasteiger partial charge in [-0.3, -0.25) is 0 Å². The topological polar surface area (TPSA) is 82.3 Å². The number of hydrogen-bond donors (Lipinski definition) is 0. The number of benzene rings is 1. The molecule has 0 spiro atoms. The smallest absolute Gasteiger partial charge is 0.264 e. The molecule has 3 rings (SSSR count). The van der Waals surface area contributed by atoms with Gasteiger partial charge in [0.15, 0.2) is 22.3 Å². The standard InChI is InChI=1S/C14H16N2O4S/c1-21(17,18)12-6-4-11(5-7-12)19-9-14-15-13(16-20-14)8-10-2-3-10/h4-7,10H,2-3,8-9H2,1H3. The number of sulfone groups is 1. The summed E-state index contributed by atoms with van der Waals surface area (Å²) >= 11 is 0. The lowest BCUT2D eigenvalue weighted by molar-refractivity contribution is 0.242. The Bertz CT molecular complexity index is 718.